The molecule has 4 rings (SSSR count). The van der Waals surface area contributed by atoms with Crippen molar-refractivity contribution in [3.8, 4) is 0 Å². The van der Waals surface area contributed by atoms with Crippen molar-refractivity contribution in [2.24, 2.45) is 0 Å². The first-order valence-electron chi connectivity index (χ1n) is 10.2. The number of esters is 1. The van der Waals surface area contributed by atoms with Gasteiger partial charge in [-0.1, -0.05) is 15.9 Å². The number of hydrogen-bond acceptors (Lipinski definition) is 6. The van der Waals surface area contributed by atoms with E-state index in [0.29, 0.717) is 48.5 Å². The smallest absolute Gasteiger partial charge is 0.356 e. The number of aromatic nitrogens is 1. The monoisotopic (exact) mass is 502 g/mol. The molecule has 1 aliphatic heterocycles. The molecule has 0 saturated carbocycles. The number of furan rings is 1. The number of fused-ring (bicyclic) bond motifs is 1. The summed E-state index contributed by atoms with van der Waals surface area (Å²) in [7, 11) is 1.29. The fourth-order valence-electron chi connectivity index (χ4n) is 3.81. The third-order valence-corrected chi connectivity index (χ3v) is 6.15. The van der Waals surface area contributed by atoms with Gasteiger partial charge in [0.2, 0.25) is 5.91 Å². The summed E-state index contributed by atoms with van der Waals surface area (Å²) in [6.45, 7) is 3.88. The molecule has 0 aliphatic carbocycles. The van der Waals surface area contributed by atoms with Crippen molar-refractivity contribution in [3.63, 3.8) is 0 Å². The summed E-state index contributed by atoms with van der Waals surface area (Å²) in [5, 5.41) is 3.60. The highest BCUT2D eigenvalue weighted by Gasteiger charge is 2.30. The van der Waals surface area contributed by atoms with E-state index in [-0.39, 0.29) is 17.5 Å². The van der Waals surface area contributed by atoms with Crippen molar-refractivity contribution in [2.45, 2.75) is 13.0 Å². The molecule has 1 atom stereocenters. The number of hydrogen-bond donors (Lipinski definition) is 2. The third-order valence-electron chi connectivity index (χ3n) is 5.66. The zero-order valence-corrected chi connectivity index (χ0v) is 19.3. The van der Waals surface area contributed by atoms with E-state index in [1.54, 1.807) is 17.0 Å². The summed E-state index contributed by atoms with van der Waals surface area (Å²) in [5.74, 6) is -0.656. The number of carbonyl (C=O) groups excluding carboxylic acids is 3. The van der Waals surface area contributed by atoms with E-state index in [0.717, 1.165) is 4.47 Å². The molecular weight excluding hydrogens is 480 g/mol. The molecule has 2 N–H and O–H groups in total. The van der Waals surface area contributed by atoms with Crippen LogP contribution in [0.3, 0.4) is 0 Å². The van der Waals surface area contributed by atoms with Gasteiger partial charge in [0.1, 0.15) is 5.69 Å². The Morgan fingerprint density at radius 1 is 1.19 bits per heavy atom. The van der Waals surface area contributed by atoms with Crippen LogP contribution in [0.25, 0.3) is 10.9 Å². The average molecular weight is 503 g/mol. The van der Waals surface area contributed by atoms with Crippen LogP contribution in [0.4, 0.5) is 5.69 Å². The molecule has 1 unspecified atom stereocenters. The number of anilines is 1. The van der Waals surface area contributed by atoms with Crippen LogP contribution in [0.15, 0.2) is 45.5 Å². The van der Waals surface area contributed by atoms with Gasteiger partial charge in [0.15, 0.2) is 5.76 Å². The zero-order valence-electron chi connectivity index (χ0n) is 17.7. The summed E-state index contributed by atoms with van der Waals surface area (Å²) >= 11 is 3.43. The van der Waals surface area contributed by atoms with Crippen LogP contribution in [-0.4, -0.2) is 71.9 Å². The molecule has 3 aromatic rings. The number of ether oxygens (including phenoxy) is 1. The van der Waals surface area contributed by atoms with Gasteiger partial charge in [0, 0.05) is 41.6 Å². The molecule has 2 amide bonds. The van der Waals surface area contributed by atoms with Gasteiger partial charge in [0.05, 0.1) is 25.1 Å². The zero-order chi connectivity index (χ0) is 22.8. The number of piperazine rings is 1. The fraction of sp³-hybridized carbons (Fsp3) is 0.318. The van der Waals surface area contributed by atoms with Gasteiger partial charge in [-0.25, -0.2) is 4.79 Å². The maximum atomic E-state index is 13.1. The van der Waals surface area contributed by atoms with Crippen LogP contribution < -0.4 is 5.32 Å². The Balaban J connectivity index is 1.46. The first-order valence-corrected chi connectivity index (χ1v) is 11.0. The first kappa shape index (κ1) is 22.1. The molecule has 0 spiro atoms. The molecular formula is C22H23BrN4O5. The van der Waals surface area contributed by atoms with Gasteiger partial charge >= 0.3 is 5.97 Å². The fourth-order valence-corrected chi connectivity index (χ4v) is 4.17. The SMILES string of the molecule is COC(=O)c1[nH]c2ccc(Br)cc2c1NC(=O)C(C)N1CCN(C(=O)c2ccco2)CC1. The Hall–Kier alpha value is -3.11. The van der Waals surface area contributed by atoms with E-state index in [1.165, 1.54) is 13.4 Å². The number of amides is 2. The minimum absolute atomic E-state index is 0.154. The van der Waals surface area contributed by atoms with Crippen molar-refractivity contribution < 1.29 is 23.5 Å². The van der Waals surface area contributed by atoms with Crippen molar-refractivity contribution in [3.05, 3.63) is 52.5 Å². The largest absolute Gasteiger partial charge is 0.464 e. The lowest BCUT2D eigenvalue weighted by molar-refractivity contribution is -0.121. The van der Waals surface area contributed by atoms with E-state index in [2.05, 4.69) is 26.2 Å². The van der Waals surface area contributed by atoms with E-state index >= 15 is 0 Å². The lowest BCUT2D eigenvalue weighted by atomic mass is 10.1. The Morgan fingerprint density at radius 3 is 2.59 bits per heavy atom. The molecule has 9 nitrogen and oxygen atoms in total. The molecule has 32 heavy (non-hydrogen) atoms. The topological polar surface area (TPSA) is 108 Å². The second-order valence-corrected chi connectivity index (χ2v) is 8.44. The van der Waals surface area contributed by atoms with Crippen LogP contribution >= 0.6 is 15.9 Å². The predicted octanol–water partition coefficient (Wildman–Crippen LogP) is 3.10. The molecule has 1 aromatic carbocycles. The number of aromatic amines is 1. The molecule has 168 valence electrons. The highest BCUT2D eigenvalue weighted by Crippen LogP contribution is 2.31. The molecule has 1 saturated heterocycles. The van der Waals surface area contributed by atoms with Gasteiger partial charge < -0.3 is 24.4 Å². The lowest BCUT2D eigenvalue weighted by Crippen LogP contribution is -2.54. The van der Waals surface area contributed by atoms with Gasteiger partial charge in [0.25, 0.3) is 5.91 Å². The molecule has 0 bridgehead atoms. The van der Waals surface area contributed by atoms with Crippen LogP contribution in [0.2, 0.25) is 0 Å². The van der Waals surface area contributed by atoms with E-state index < -0.39 is 12.0 Å². The number of rotatable bonds is 5. The number of benzene rings is 1. The van der Waals surface area contributed by atoms with E-state index in [4.69, 9.17) is 9.15 Å². The van der Waals surface area contributed by atoms with Gasteiger partial charge in [-0.2, -0.15) is 0 Å². The molecule has 1 fully saturated rings. The summed E-state index contributed by atoms with van der Waals surface area (Å²) in [6, 6.07) is 8.36. The first-order chi connectivity index (χ1) is 15.4. The Kier molecular flexibility index (Phi) is 6.33. The second kappa shape index (κ2) is 9.17. The van der Waals surface area contributed by atoms with Crippen LogP contribution in [0.5, 0.6) is 0 Å². The molecule has 1 aliphatic rings. The summed E-state index contributed by atoms with van der Waals surface area (Å²) < 4.78 is 10.9. The van der Waals surface area contributed by atoms with Crippen molar-refractivity contribution in [1.82, 2.24) is 14.8 Å². The normalized spacial score (nSPS) is 15.5. The minimum atomic E-state index is -0.565. The Labute approximate surface area is 192 Å². The molecule has 3 heterocycles. The number of methoxy groups -OCH3 is 1. The standard InChI is InChI=1S/C22H23BrN4O5/c1-13(26-7-9-27(10-8-26)21(29)17-4-3-11-32-17)20(28)25-18-15-12-14(23)5-6-16(15)24-19(18)22(30)31-2/h3-6,11-13,24H,7-10H2,1-2H3,(H,25,28). The average Bonchev–Trinajstić information content (AvgIpc) is 3.46. The van der Waals surface area contributed by atoms with Crippen molar-refractivity contribution >= 4 is 50.3 Å². The van der Waals surface area contributed by atoms with Crippen LogP contribution in [0, 0.1) is 0 Å². The summed E-state index contributed by atoms with van der Waals surface area (Å²) in [5.41, 5.74) is 1.29. The third kappa shape index (κ3) is 4.28. The maximum absolute atomic E-state index is 13.1. The number of H-pyrrole nitrogens is 1. The minimum Gasteiger partial charge on any atom is -0.464 e. The predicted molar refractivity (Wildman–Crippen MR) is 122 cm³/mol. The van der Waals surface area contributed by atoms with Crippen LogP contribution in [-0.2, 0) is 9.53 Å². The number of nitrogens with zero attached hydrogens (tertiary/aromatic N) is 2. The maximum Gasteiger partial charge on any atom is 0.356 e. The highest BCUT2D eigenvalue weighted by molar-refractivity contribution is 9.10. The number of carbonyl (C=O) groups is 3. The second-order valence-electron chi connectivity index (χ2n) is 7.53. The quantitative estimate of drug-likeness (QED) is 0.519. The number of halogens is 1. The summed E-state index contributed by atoms with van der Waals surface area (Å²) in [4.78, 5) is 44.5. The lowest BCUT2D eigenvalue weighted by Gasteiger charge is -2.37. The Morgan fingerprint density at radius 2 is 1.94 bits per heavy atom. The van der Waals surface area contributed by atoms with Crippen molar-refractivity contribution in [1.29, 1.82) is 0 Å². The van der Waals surface area contributed by atoms with Gasteiger partial charge in [-0.05, 0) is 37.3 Å². The Bertz CT molecular complexity index is 1150. The van der Waals surface area contributed by atoms with E-state index in [9.17, 15) is 14.4 Å². The summed E-state index contributed by atoms with van der Waals surface area (Å²) in [6.07, 6.45) is 1.47. The molecule has 0 radical (unpaired) electrons. The van der Waals surface area contributed by atoms with Gasteiger partial charge in [-0.15, -0.1) is 0 Å². The van der Waals surface area contributed by atoms with Crippen LogP contribution in [0.1, 0.15) is 28.0 Å². The van der Waals surface area contributed by atoms with Crippen molar-refractivity contribution in [2.75, 3.05) is 38.6 Å². The highest BCUT2D eigenvalue weighted by atomic mass is 79.9. The van der Waals surface area contributed by atoms with E-state index in [1.807, 2.05) is 30.0 Å². The molecule has 2 aromatic heterocycles. The van der Waals surface area contributed by atoms with Gasteiger partial charge in [-0.3, -0.25) is 14.5 Å². The number of nitrogens with one attached hydrogen (secondary N) is 2. The molecule has 10 heteroatoms.